The fraction of sp³-hybridized carbons (Fsp3) is 0.600. The van der Waals surface area contributed by atoms with Gasteiger partial charge < -0.3 is 20.4 Å². The lowest BCUT2D eigenvalue weighted by atomic mass is 9.96. The highest BCUT2D eigenvalue weighted by atomic mass is 35.5. The quantitative estimate of drug-likeness (QED) is 0.728. The molecule has 150 valence electrons. The van der Waals surface area contributed by atoms with Gasteiger partial charge in [0.05, 0.1) is 11.4 Å². The number of carbonyl (C=O) groups excluding carboxylic acids is 2. The van der Waals surface area contributed by atoms with Crippen LogP contribution in [0.15, 0.2) is 18.2 Å². The Bertz CT molecular complexity index is 664. The van der Waals surface area contributed by atoms with Crippen molar-refractivity contribution in [3.05, 3.63) is 23.2 Å². The van der Waals surface area contributed by atoms with Gasteiger partial charge in [0.1, 0.15) is 0 Å². The Morgan fingerprint density at radius 1 is 1.15 bits per heavy atom. The molecule has 0 unspecified atom stereocenters. The molecular formula is C20H31ClN4O2. The van der Waals surface area contributed by atoms with Gasteiger partial charge in [-0.25, -0.2) is 0 Å². The zero-order chi connectivity index (χ0) is 20.0. The number of hydrogen-bond acceptors (Lipinski definition) is 4. The van der Waals surface area contributed by atoms with Crippen LogP contribution in [0.4, 0.5) is 11.4 Å². The summed E-state index contributed by atoms with van der Waals surface area (Å²) in [5.41, 5.74) is 1.33. The Kier molecular flexibility index (Phi) is 7.50. The van der Waals surface area contributed by atoms with Crippen molar-refractivity contribution in [2.75, 3.05) is 50.0 Å². The molecule has 1 heterocycles. The number of halogens is 1. The second-order valence-electron chi connectivity index (χ2n) is 8.11. The Labute approximate surface area is 167 Å². The number of amides is 2. The van der Waals surface area contributed by atoms with Crippen LogP contribution >= 0.6 is 11.6 Å². The Hall–Kier alpha value is -1.79. The number of rotatable bonds is 6. The summed E-state index contributed by atoms with van der Waals surface area (Å²) in [6.07, 6.45) is 0.942. The third kappa shape index (κ3) is 6.70. The maximum absolute atomic E-state index is 12.4. The molecule has 6 nitrogen and oxygen atoms in total. The van der Waals surface area contributed by atoms with Gasteiger partial charge in [-0.05, 0) is 31.7 Å². The first kappa shape index (κ1) is 21.5. The van der Waals surface area contributed by atoms with Crippen LogP contribution in [-0.2, 0) is 9.59 Å². The standard InChI is InChI=1S/C20H31ClN4O2/c1-20(2,3)19(27)22-9-5-6-18(26)23-16-14-15(21)7-8-17(16)25-12-10-24(4)11-13-25/h7-8,14H,5-6,9-13H2,1-4H3,(H,22,27)(H,23,26). The molecule has 0 atom stereocenters. The van der Waals surface area contributed by atoms with Crippen molar-refractivity contribution in [2.45, 2.75) is 33.6 Å². The van der Waals surface area contributed by atoms with E-state index in [2.05, 4.69) is 27.5 Å². The van der Waals surface area contributed by atoms with Gasteiger partial charge in [-0.3, -0.25) is 9.59 Å². The lowest BCUT2D eigenvalue weighted by Gasteiger charge is -2.35. The molecule has 7 heteroatoms. The van der Waals surface area contributed by atoms with Crippen molar-refractivity contribution in [3.63, 3.8) is 0 Å². The van der Waals surface area contributed by atoms with Crippen LogP contribution in [0.25, 0.3) is 0 Å². The van der Waals surface area contributed by atoms with Gasteiger partial charge in [-0.2, -0.15) is 0 Å². The Morgan fingerprint density at radius 2 is 1.81 bits per heavy atom. The predicted molar refractivity (Wildman–Crippen MR) is 111 cm³/mol. The molecule has 1 aliphatic heterocycles. The van der Waals surface area contributed by atoms with Crippen LogP contribution in [0.5, 0.6) is 0 Å². The van der Waals surface area contributed by atoms with E-state index >= 15 is 0 Å². The monoisotopic (exact) mass is 394 g/mol. The SMILES string of the molecule is CN1CCN(c2ccc(Cl)cc2NC(=O)CCCNC(=O)C(C)(C)C)CC1. The smallest absolute Gasteiger partial charge is 0.225 e. The van der Waals surface area contributed by atoms with E-state index in [-0.39, 0.29) is 11.8 Å². The van der Waals surface area contributed by atoms with Crippen molar-refractivity contribution in [3.8, 4) is 0 Å². The minimum Gasteiger partial charge on any atom is -0.367 e. The van der Waals surface area contributed by atoms with Gasteiger partial charge in [0.25, 0.3) is 0 Å². The molecule has 2 N–H and O–H groups in total. The molecule has 1 saturated heterocycles. The van der Waals surface area contributed by atoms with Crippen molar-refractivity contribution in [1.82, 2.24) is 10.2 Å². The summed E-state index contributed by atoms with van der Waals surface area (Å²) in [4.78, 5) is 28.8. The van der Waals surface area contributed by atoms with Crippen LogP contribution < -0.4 is 15.5 Å². The molecule has 0 bridgehead atoms. The van der Waals surface area contributed by atoms with Crippen molar-refractivity contribution < 1.29 is 9.59 Å². The second-order valence-corrected chi connectivity index (χ2v) is 8.55. The van der Waals surface area contributed by atoms with Gasteiger partial charge in [-0.15, -0.1) is 0 Å². The number of piperazine rings is 1. The van der Waals surface area contributed by atoms with Crippen LogP contribution in [0.1, 0.15) is 33.6 Å². The Morgan fingerprint density at radius 3 is 2.44 bits per heavy atom. The number of likely N-dealkylation sites (N-methyl/N-ethyl adjacent to an activating group) is 1. The third-order valence-electron chi connectivity index (χ3n) is 4.62. The number of nitrogens with zero attached hydrogens (tertiary/aromatic N) is 2. The topological polar surface area (TPSA) is 64.7 Å². The number of carbonyl (C=O) groups is 2. The average molecular weight is 395 g/mol. The fourth-order valence-electron chi connectivity index (χ4n) is 2.86. The predicted octanol–water partition coefficient (Wildman–Crippen LogP) is 2.97. The fourth-order valence-corrected chi connectivity index (χ4v) is 3.03. The van der Waals surface area contributed by atoms with E-state index in [9.17, 15) is 9.59 Å². The van der Waals surface area contributed by atoms with E-state index in [1.807, 2.05) is 32.9 Å². The molecular weight excluding hydrogens is 364 g/mol. The summed E-state index contributed by atoms with van der Waals surface area (Å²) >= 11 is 6.14. The molecule has 0 saturated carbocycles. The first-order valence-electron chi connectivity index (χ1n) is 9.48. The highest BCUT2D eigenvalue weighted by Crippen LogP contribution is 2.30. The molecule has 1 fully saturated rings. The van der Waals surface area contributed by atoms with Crippen LogP contribution in [-0.4, -0.2) is 56.5 Å². The first-order chi connectivity index (χ1) is 12.7. The second kappa shape index (κ2) is 9.42. The number of benzene rings is 1. The number of hydrogen-bond donors (Lipinski definition) is 2. The van der Waals surface area contributed by atoms with Gasteiger partial charge in [0, 0.05) is 49.6 Å². The molecule has 2 rings (SSSR count). The number of nitrogens with one attached hydrogen (secondary N) is 2. The lowest BCUT2D eigenvalue weighted by molar-refractivity contribution is -0.128. The van der Waals surface area contributed by atoms with Crippen LogP contribution in [0.3, 0.4) is 0 Å². The van der Waals surface area contributed by atoms with Crippen molar-refractivity contribution >= 4 is 34.8 Å². The van der Waals surface area contributed by atoms with Gasteiger partial charge in [-0.1, -0.05) is 32.4 Å². The summed E-state index contributed by atoms with van der Waals surface area (Å²) in [5, 5.41) is 6.45. The van der Waals surface area contributed by atoms with Crippen molar-refractivity contribution in [2.24, 2.45) is 5.41 Å². The minimum absolute atomic E-state index is 0.00454. The largest absolute Gasteiger partial charge is 0.367 e. The normalized spacial score (nSPS) is 15.5. The zero-order valence-electron chi connectivity index (χ0n) is 16.8. The van der Waals surface area contributed by atoms with Crippen molar-refractivity contribution in [1.29, 1.82) is 0 Å². The molecule has 0 radical (unpaired) electrons. The van der Waals surface area contributed by atoms with Crippen LogP contribution in [0.2, 0.25) is 5.02 Å². The minimum atomic E-state index is -0.416. The Balaban J connectivity index is 1.89. The van der Waals surface area contributed by atoms with Crippen LogP contribution in [0, 0.1) is 5.41 Å². The highest BCUT2D eigenvalue weighted by Gasteiger charge is 2.21. The van der Waals surface area contributed by atoms with Gasteiger partial charge >= 0.3 is 0 Å². The maximum atomic E-state index is 12.4. The molecule has 1 aromatic carbocycles. The first-order valence-corrected chi connectivity index (χ1v) is 9.86. The summed E-state index contributed by atoms with van der Waals surface area (Å²) in [7, 11) is 2.11. The molecule has 1 aliphatic rings. The van der Waals surface area contributed by atoms with Gasteiger partial charge in [0.2, 0.25) is 11.8 Å². The van der Waals surface area contributed by atoms with Gasteiger partial charge in [0.15, 0.2) is 0 Å². The molecule has 1 aromatic rings. The molecule has 2 amide bonds. The number of anilines is 2. The van der Waals surface area contributed by atoms with E-state index < -0.39 is 5.41 Å². The molecule has 0 aliphatic carbocycles. The average Bonchev–Trinajstić information content (AvgIpc) is 2.59. The van der Waals surface area contributed by atoms with E-state index in [4.69, 9.17) is 11.6 Å². The molecule has 0 spiro atoms. The maximum Gasteiger partial charge on any atom is 0.225 e. The van der Waals surface area contributed by atoms with E-state index in [0.29, 0.717) is 24.4 Å². The summed E-state index contributed by atoms with van der Waals surface area (Å²) < 4.78 is 0. The summed E-state index contributed by atoms with van der Waals surface area (Å²) in [6, 6.07) is 5.62. The third-order valence-corrected chi connectivity index (χ3v) is 4.86. The van der Waals surface area contributed by atoms with E-state index in [1.54, 1.807) is 6.07 Å². The molecule has 27 heavy (non-hydrogen) atoms. The van der Waals surface area contributed by atoms with E-state index in [0.717, 1.165) is 37.6 Å². The summed E-state index contributed by atoms with van der Waals surface area (Å²) in [5.74, 6) is -0.0762. The zero-order valence-corrected chi connectivity index (χ0v) is 17.5. The van der Waals surface area contributed by atoms with E-state index in [1.165, 1.54) is 0 Å². The lowest BCUT2D eigenvalue weighted by Crippen LogP contribution is -2.44. The highest BCUT2D eigenvalue weighted by molar-refractivity contribution is 6.31. The summed E-state index contributed by atoms with van der Waals surface area (Å²) in [6.45, 7) is 9.91. The molecule has 0 aromatic heterocycles.